The van der Waals surface area contributed by atoms with Crippen LogP contribution in [-0.4, -0.2) is 0 Å². The Hall–Kier alpha value is -0.520. The van der Waals surface area contributed by atoms with Gasteiger partial charge in [0.1, 0.15) is 0 Å². The van der Waals surface area contributed by atoms with Crippen LogP contribution in [0, 0.1) is 17.3 Å². The number of allylic oxidation sites excluding steroid dienone is 4. The Morgan fingerprint density at radius 1 is 1.18 bits per heavy atom. The van der Waals surface area contributed by atoms with Crippen molar-refractivity contribution in [2.75, 3.05) is 0 Å². The fourth-order valence-electron chi connectivity index (χ4n) is 2.47. The molecule has 2 atom stereocenters. The first-order valence-corrected chi connectivity index (χ1v) is 4.55. The molecule has 0 heteroatoms. The summed E-state index contributed by atoms with van der Waals surface area (Å²) in [5.74, 6) is 1.66. The normalized spacial score (nSPS) is 39.1. The summed E-state index contributed by atoms with van der Waals surface area (Å²) in [5, 5.41) is 0. The smallest absolute Gasteiger partial charge is 0.0116 e. The van der Waals surface area contributed by atoms with Crippen molar-refractivity contribution in [3.8, 4) is 0 Å². The van der Waals surface area contributed by atoms with Gasteiger partial charge in [0.15, 0.2) is 0 Å². The highest BCUT2D eigenvalue weighted by atomic mass is 14.4. The van der Waals surface area contributed by atoms with Gasteiger partial charge in [0.2, 0.25) is 0 Å². The van der Waals surface area contributed by atoms with Gasteiger partial charge < -0.3 is 0 Å². The Labute approximate surface area is 69.0 Å². The Balaban J connectivity index is 2.26. The van der Waals surface area contributed by atoms with E-state index < -0.39 is 0 Å². The van der Waals surface area contributed by atoms with E-state index in [-0.39, 0.29) is 0 Å². The number of hydrogen-bond acceptors (Lipinski definition) is 0. The molecule has 2 unspecified atom stereocenters. The third-order valence-electron chi connectivity index (χ3n) is 3.27. The summed E-state index contributed by atoms with van der Waals surface area (Å²) >= 11 is 0. The lowest BCUT2D eigenvalue weighted by molar-refractivity contribution is 0.288. The quantitative estimate of drug-likeness (QED) is 0.495. The van der Waals surface area contributed by atoms with E-state index in [1.165, 1.54) is 12.8 Å². The molecular weight excluding hydrogens is 132 g/mol. The zero-order chi connectivity index (χ0) is 7.90. The van der Waals surface area contributed by atoms with Crippen molar-refractivity contribution in [2.45, 2.75) is 26.7 Å². The summed E-state index contributed by atoms with van der Waals surface area (Å²) in [4.78, 5) is 0. The number of fused-ring (bicyclic) bond motifs is 1. The van der Waals surface area contributed by atoms with E-state index in [9.17, 15) is 0 Å². The van der Waals surface area contributed by atoms with Gasteiger partial charge >= 0.3 is 0 Å². The fraction of sp³-hybridized carbons (Fsp3) is 0.636. The zero-order valence-electron chi connectivity index (χ0n) is 7.38. The lowest BCUT2D eigenvalue weighted by atomic mass is 9.77. The van der Waals surface area contributed by atoms with Crippen LogP contribution in [0.4, 0.5) is 0 Å². The molecule has 0 nitrogen and oxygen atoms in total. The molecule has 11 heavy (non-hydrogen) atoms. The van der Waals surface area contributed by atoms with Crippen molar-refractivity contribution in [1.82, 2.24) is 0 Å². The standard InChI is InChI=1S/C11H16/c1-11(2)8-7-9-5-3-4-6-10(9)11/h3-6,9-10H,7-8H2,1-2H3. The molecule has 0 spiro atoms. The van der Waals surface area contributed by atoms with Gasteiger partial charge in [-0.3, -0.25) is 0 Å². The Bertz CT molecular complexity index is 208. The Kier molecular flexibility index (Phi) is 1.45. The second-order valence-electron chi connectivity index (χ2n) is 4.49. The summed E-state index contributed by atoms with van der Waals surface area (Å²) in [6, 6.07) is 0. The van der Waals surface area contributed by atoms with E-state index >= 15 is 0 Å². The highest BCUT2D eigenvalue weighted by Gasteiger charge is 2.39. The monoisotopic (exact) mass is 148 g/mol. The third-order valence-corrected chi connectivity index (χ3v) is 3.27. The number of hydrogen-bond donors (Lipinski definition) is 0. The molecule has 0 amide bonds. The first kappa shape index (κ1) is 7.15. The molecule has 1 fully saturated rings. The molecule has 2 aliphatic rings. The lowest BCUT2D eigenvalue weighted by Gasteiger charge is -2.28. The first-order chi connectivity index (χ1) is 5.20. The van der Waals surface area contributed by atoms with Gasteiger partial charge in [-0.05, 0) is 30.1 Å². The molecule has 0 radical (unpaired) electrons. The molecule has 0 aromatic rings. The van der Waals surface area contributed by atoms with Crippen LogP contribution in [0.3, 0.4) is 0 Å². The average molecular weight is 148 g/mol. The molecule has 1 saturated carbocycles. The van der Waals surface area contributed by atoms with E-state index in [1.807, 2.05) is 0 Å². The molecule has 0 N–H and O–H groups in total. The topological polar surface area (TPSA) is 0 Å². The second-order valence-corrected chi connectivity index (χ2v) is 4.49. The molecule has 0 aromatic heterocycles. The largest absolute Gasteiger partial charge is 0.0808 e. The van der Waals surface area contributed by atoms with E-state index in [4.69, 9.17) is 0 Å². The first-order valence-electron chi connectivity index (χ1n) is 4.55. The van der Waals surface area contributed by atoms with Gasteiger partial charge in [-0.1, -0.05) is 38.2 Å². The van der Waals surface area contributed by atoms with Crippen LogP contribution in [0.1, 0.15) is 26.7 Å². The minimum atomic E-state index is 0.548. The van der Waals surface area contributed by atoms with Crippen LogP contribution in [0.5, 0.6) is 0 Å². The van der Waals surface area contributed by atoms with Crippen molar-refractivity contribution >= 4 is 0 Å². The maximum Gasteiger partial charge on any atom is -0.0116 e. The van der Waals surface area contributed by atoms with Crippen LogP contribution >= 0.6 is 0 Å². The van der Waals surface area contributed by atoms with Crippen LogP contribution in [-0.2, 0) is 0 Å². The van der Waals surface area contributed by atoms with Crippen molar-refractivity contribution in [3.05, 3.63) is 24.3 Å². The molecule has 0 bridgehead atoms. The molecule has 0 heterocycles. The number of rotatable bonds is 0. The summed E-state index contributed by atoms with van der Waals surface area (Å²) in [6.07, 6.45) is 11.9. The molecule has 2 aliphatic carbocycles. The Morgan fingerprint density at radius 2 is 1.91 bits per heavy atom. The minimum absolute atomic E-state index is 0.548. The van der Waals surface area contributed by atoms with E-state index in [1.54, 1.807) is 0 Å². The second kappa shape index (κ2) is 2.23. The highest BCUT2D eigenvalue weighted by Crippen LogP contribution is 2.48. The maximum atomic E-state index is 2.39. The Morgan fingerprint density at radius 3 is 2.64 bits per heavy atom. The van der Waals surface area contributed by atoms with Gasteiger partial charge in [-0.2, -0.15) is 0 Å². The molecule has 0 aromatic carbocycles. The van der Waals surface area contributed by atoms with Gasteiger partial charge in [-0.25, -0.2) is 0 Å². The molecule has 0 aliphatic heterocycles. The summed E-state index contributed by atoms with van der Waals surface area (Å²) in [6.45, 7) is 4.78. The lowest BCUT2D eigenvalue weighted by Crippen LogP contribution is -2.20. The SMILES string of the molecule is CC1(C)CCC2C=CC=CC21. The van der Waals surface area contributed by atoms with Gasteiger partial charge in [0, 0.05) is 0 Å². The maximum absolute atomic E-state index is 2.39. The van der Waals surface area contributed by atoms with Crippen LogP contribution < -0.4 is 0 Å². The summed E-state index contributed by atoms with van der Waals surface area (Å²) in [5.41, 5.74) is 0.548. The van der Waals surface area contributed by atoms with Gasteiger partial charge in [-0.15, -0.1) is 0 Å². The minimum Gasteiger partial charge on any atom is -0.0808 e. The predicted molar refractivity (Wildman–Crippen MR) is 48.3 cm³/mol. The highest BCUT2D eigenvalue weighted by molar-refractivity contribution is 5.18. The van der Waals surface area contributed by atoms with E-state index in [2.05, 4.69) is 38.2 Å². The van der Waals surface area contributed by atoms with Gasteiger partial charge in [0.25, 0.3) is 0 Å². The summed E-state index contributed by atoms with van der Waals surface area (Å²) < 4.78 is 0. The summed E-state index contributed by atoms with van der Waals surface area (Å²) in [7, 11) is 0. The van der Waals surface area contributed by atoms with E-state index in [0.717, 1.165) is 11.8 Å². The molecule has 60 valence electrons. The molecule has 0 saturated heterocycles. The zero-order valence-corrected chi connectivity index (χ0v) is 7.38. The fourth-order valence-corrected chi connectivity index (χ4v) is 2.47. The predicted octanol–water partition coefficient (Wildman–Crippen LogP) is 3.16. The van der Waals surface area contributed by atoms with Crippen molar-refractivity contribution in [2.24, 2.45) is 17.3 Å². The molecule has 2 rings (SSSR count). The third kappa shape index (κ3) is 1.05. The van der Waals surface area contributed by atoms with Crippen LogP contribution in [0.15, 0.2) is 24.3 Å². The average Bonchev–Trinajstić information content (AvgIpc) is 2.29. The van der Waals surface area contributed by atoms with Crippen LogP contribution in [0.2, 0.25) is 0 Å². The van der Waals surface area contributed by atoms with Crippen molar-refractivity contribution in [3.63, 3.8) is 0 Å². The van der Waals surface area contributed by atoms with Crippen molar-refractivity contribution in [1.29, 1.82) is 0 Å². The van der Waals surface area contributed by atoms with Crippen molar-refractivity contribution < 1.29 is 0 Å². The molecular formula is C11H16. The van der Waals surface area contributed by atoms with Crippen LogP contribution in [0.25, 0.3) is 0 Å². The van der Waals surface area contributed by atoms with Gasteiger partial charge in [0.05, 0.1) is 0 Å². The van der Waals surface area contributed by atoms with E-state index in [0.29, 0.717) is 5.41 Å².